The molecule has 132 valence electrons. The van der Waals surface area contributed by atoms with Crippen molar-refractivity contribution < 1.29 is 4.74 Å². The van der Waals surface area contributed by atoms with E-state index in [1.54, 1.807) is 20.4 Å². The molecule has 0 amide bonds. The van der Waals surface area contributed by atoms with Crippen molar-refractivity contribution >= 4 is 11.6 Å². The van der Waals surface area contributed by atoms with Gasteiger partial charge in [0.25, 0.3) is 0 Å². The van der Waals surface area contributed by atoms with E-state index in [9.17, 15) is 0 Å². The van der Waals surface area contributed by atoms with Crippen LogP contribution >= 0.6 is 0 Å². The van der Waals surface area contributed by atoms with E-state index in [2.05, 4.69) is 37.6 Å². The summed E-state index contributed by atoms with van der Waals surface area (Å²) in [5.74, 6) is 1.70. The van der Waals surface area contributed by atoms with Crippen LogP contribution < -0.4 is 20.3 Å². The third-order valence-corrected chi connectivity index (χ3v) is 4.33. The molecule has 2 aromatic rings. The Hall–Kier alpha value is -2.76. The SMILES string of the molecule is CN=C(NCc1ccccn1)NC1CCN(c2cccc(OC)c2)C1. The second-order valence-corrected chi connectivity index (χ2v) is 6.02. The summed E-state index contributed by atoms with van der Waals surface area (Å²) >= 11 is 0. The van der Waals surface area contributed by atoms with E-state index >= 15 is 0 Å². The van der Waals surface area contributed by atoms with E-state index in [0.29, 0.717) is 12.6 Å². The predicted octanol–water partition coefficient (Wildman–Crippen LogP) is 2.03. The minimum Gasteiger partial charge on any atom is -0.497 e. The number of ether oxygens (including phenoxy) is 1. The normalized spacial score (nSPS) is 17.4. The summed E-state index contributed by atoms with van der Waals surface area (Å²) in [5, 5.41) is 6.83. The van der Waals surface area contributed by atoms with Crippen LogP contribution in [0.4, 0.5) is 5.69 Å². The van der Waals surface area contributed by atoms with Crippen LogP contribution in [0.2, 0.25) is 0 Å². The molecule has 3 rings (SSSR count). The third-order valence-electron chi connectivity index (χ3n) is 4.33. The molecule has 25 heavy (non-hydrogen) atoms. The lowest BCUT2D eigenvalue weighted by atomic mass is 10.2. The van der Waals surface area contributed by atoms with Crippen LogP contribution in [0.3, 0.4) is 0 Å². The van der Waals surface area contributed by atoms with Crippen molar-refractivity contribution in [3.05, 3.63) is 54.4 Å². The second-order valence-electron chi connectivity index (χ2n) is 6.02. The van der Waals surface area contributed by atoms with Crippen LogP contribution in [-0.2, 0) is 6.54 Å². The van der Waals surface area contributed by atoms with Gasteiger partial charge in [0.1, 0.15) is 5.75 Å². The van der Waals surface area contributed by atoms with Crippen LogP contribution in [0.15, 0.2) is 53.7 Å². The molecule has 6 heteroatoms. The Balaban J connectivity index is 1.52. The number of aliphatic imine (C=N–C) groups is 1. The number of aromatic nitrogens is 1. The number of anilines is 1. The molecule has 0 saturated carbocycles. The lowest BCUT2D eigenvalue weighted by Crippen LogP contribution is -2.44. The molecular weight excluding hydrogens is 314 g/mol. The van der Waals surface area contributed by atoms with Crippen molar-refractivity contribution in [2.75, 3.05) is 32.1 Å². The van der Waals surface area contributed by atoms with E-state index < -0.39 is 0 Å². The van der Waals surface area contributed by atoms with Crippen molar-refractivity contribution in [2.24, 2.45) is 4.99 Å². The summed E-state index contributed by atoms with van der Waals surface area (Å²) in [4.78, 5) is 11.0. The molecule has 1 aromatic carbocycles. The van der Waals surface area contributed by atoms with Gasteiger partial charge >= 0.3 is 0 Å². The zero-order valence-electron chi connectivity index (χ0n) is 14.8. The Labute approximate surface area is 148 Å². The Bertz CT molecular complexity index is 704. The minimum absolute atomic E-state index is 0.362. The molecule has 0 radical (unpaired) electrons. The highest BCUT2D eigenvalue weighted by Crippen LogP contribution is 2.24. The zero-order chi connectivity index (χ0) is 17.5. The maximum atomic E-state index is 5.32. The van der Waals surface area contributed by atoms with Gasteiger partial charge in [-0.25, -0.2) is 0 Å². The smallest absolute Gasteiger partial charge is 0.191 e. The van der Waals surface area contributed by atoms with E-state index in [-0.39, 0.29) is 0 Å². The van der Waals surface area contributed by atoms with Gasteiger partial charge in [-0.05, 0) is 30.7 Å². The van der Waals surface area contributed by atoms with Crippen molar-refractivity contribution in [1.29, 1.82) is 0 Å². The molecule has 6 nitrogen and oxygen atoms in total. The van der Waals surface area contributed by atoms with Crippen LogP contribution in [0.5, 0.6) is 5.75 Å². The highest BCUT2D eigenvalue weighted by molar-refractivity contribution is 5.80. The largest absolute Gasteiger partial charge is 0.497 e. The number of methoxy groups -OCH3 is 1. The van der Waals surface area contributed by atoms with Gasteiger partial charge in [-0.3, -0.25) is 9.98 Å². The number of benzene rings is 1. The molecule has 1 aliphatic rings. The van der Waals surface area contributed by atoms with Crippen LogP contribution in [0.1, 0.15) is 12.1 Å². The van der Waals surface area contributed by atoms with Crippen molar-refractivity contribution in [2.45, 2.75) is 19.0 Å². The van der Waals surface area contributed by atoms with Crippen molar-refractivity contribution in [3.8, 4) is 5.75 Å². The van der Waals surface area contributed by atoms with Gasteiger partial charge in [-0.15, -0.1) is 0 Å². The second kappa shape index (κ2) is 8.37. The summed E-state index contributed by atoms with van der Waals surface area (Å²) in [5.41, 5.74) is 2.19. The maximum absolute atomic E-state index is 5.32. The first-order valence-corrected chi connectivity index (χ1v) is 8.54. The Kier molecular flexibility index (Phi) is 5.72. The Morgan fingerprint density at radius 3 is 3.00 bits per heavy atom. The monoisotopic (exact) mass is 339 g/mol. The first-order valence-electron chi connectivity index (χ1n) is 8.54. The Morgan fingerprint density at radius 2 is 2.24 bits per heavy atom. The topological polar surface area (TPSA) is 61.8 Å². The molecule has 0 aliphatic carbocycles. The number of rotatable bonds is 5. The van der Waals surface area contributed by atoms with Gasteiger partial charge in [0.2, 0.25) is 0 Å². The number of nitrogens with zero attached hydrogens (tertiary/aromatic N) is 3. The summed E-state index contributed by atoms with van der Waals surface area (Å²) < 4.78 is 5.32. The molecule has 1 fully saturated rings. The number of hydrogen-bond donors (Lipinski definition) is 2. The molecule has 0 bridgehead atoms. The fraction of sp³-hybridized carbons (Fsp3) is 0.368. The molecule has 1 unspecified atom stereocenters. The number of hydrogen-bond acceptors (Lipinski definition) is 4. The summed E-state index contributed by atoms with van der Waals surface area (Å²) in [6, 6.07) is 14.5. The van der Waals surface area contributed by atoms with Gasteiger partial charge in [-0.2, -0.15) is 0 Å². The number of pyridine rings is 1. The summed E-state index contributed by atoms with van der Waals surface area (Å²) in [7, 11) is 3.49. The number of nitrogens with one attached hydrogen (secondary N) is 2. The minimum atomic E-state index is 0.362. The quantitative estimate of drug-likeness (QED) is 0.645. The maximum Gasteiger partial charge on any atom is 0.191 e. The standard InChI is InChI=1S/C19H25N5O/c1-20-19(22-13-15-6-3-4-10-21-15)23-16-9-11-24(14-16)17-7-5-8-18(12-17)25-2/h3-8,10,12,16H,9,11,13-14H2,1-2H3,(H2,20,22,23). The molecule has 2 heterocycles. The fourth-order valence-electron chi connectivity index (χ4n) is 2.98. The molecule has 1 atom stereocenters. The van der Waals surface area contributed by atoms with Gasteiger partial charge in [0, 0.05) is 44.1 Å². The average Bonchev–Trinajstić information content (AvgIpc) is 3.14. The zero-order valence-corrected chi connectivity index (χ0v) is 14.8. The van der Waals surface area contributed by atoms with E-state index in [4.69, 9.17) is 4.74 Å². The lowest BCUT2D eigenvalue weighted by Gasteiger charge is -2.20. The van der Waals surface area contributed by atoms with Gasteiger partial charge < -0.3 is 20.3 Å². The predicted molar refractivity (Wildman–Crippen MR) is 101 cm³/mol. The van der Waals surface area contributed by atoms with Crippen LogP contribution in [0.25, 0.3) is 0 Å². The van der Waals surface area contributed by atoms with Gasteiger partial charge in [0.15, 0.2) is 5.96 Å². The van der Waals surface area contributed by atoms with Crippen LogP contribution in [-0.4, -0.2) is 44.2 Å². The highest BCUT2D eigenvalue weighted by Gasteiger charge is 2.23. The van der Waals surface area contributed by atoms with E-state index in [0.717, 1.165) is 36.9 Å². The fourth-order valence-corrected chi connectivity index (χ4v) is 2.98. The first kappa shape index (κ1) is 17.1. The van der Waals surface area contributed by atoms with Gasteiger partial charge in [-0.1, -0.05) is 12.1 Å². The first-order chi connectivity index (χ1) is 12.3. The molecule has 1 aromatic heterocycles. The van der Waals surface area contributed by atoms with Crippen molar-refractivity contribution in [1.82, 2.24) is 15.6 Å². The molecule has 2 N–H and O–H groups in total. The average molecular weight is 339 g/mol. The van der Waals surface area contributed by atoms with Gasteiger partial charge in [0.05, 0.1) is 19.3 Å². The summed E-state index contributed by atoms with van der Waals surface area (Å²) in [6.45, 7) is 2.62. The lowest BCUT2D eigenvalue weighted by molar-refractivity contribution is 0.415. The van der Waals surface area contributed by atoms with Crippen molar-refractivity contribution in [3.63, 3.8) is 0 Å². The molecule has 1 saturated heterocycles. The Morgan fingerprint density at radius 1 is 1.32 bits per heavy atom. The number of guanidine groups is 1. The third kappa shape index (κ3) is 4.62. The van der Waals surface area contributed by atoms with E-state index in [1.807, 2.05) is 30.3 Å². The molecule has 1 aliphatic heterocycles. The highest BCUT2D eigenvalue weighted by atomic mass is 16.5. The summed E-state index contributed by atoms with van der Waals surface area (Å²) in [6.07, 6.45) is 2.87. The van der Waals surface area contributed by atoms with E-state index in [1.165, 1.54) is 5.69 Å². The molecule has 0 spiro atoms. The van der Waals surface area contributed by atoms with Crippen LogP contribution in [0, 0.1) is 0 Å². The molecular formula is C19H25N5O.